The molecule has 0 saturated heterocycles. The number of carboxylic acid groups (broad SMARTS) is 1. The molecule has 0 atom stereocenters. The van der Waals surface area contributed by atoms with E-state index in [0.29, 0.717) is 17.4 Å². The molecule has 1 amide bonds. The van der Waals surface area contributed by atoms with Crippen LogP contribution in [0.25, 0.3) is 0 Å². The Bertz CT molecular complexity index is 720. The Balaban J connectivity index is 1.60. The molecular formula is C18H18N2O4. The van der Waals surface area contributed by atoms with Crippen LogP contribution in [0.5, 0.6) is 5.75 Å². The van der Waals surface area contributed by atoms with Crippen LogP contribution >= 0.6 is 0 Å². The smallest absolute Gasteiger partial charge is 0.354 e. The first-order valence-electron chi connectivity index (χ1n) is 7.89. The number of nitrogens with zero attached hydrogens (tertiary/aromatic N) is 1. The fraction of sp³-hybridized carbons (Fsp3) is 0.278. The van der Waals surface area contributed by atoms with Gasteiger partial charge in [0.1, 0.15) is 11.4 Å². The van der Waals surface area contributed by atoms with Crippen molar-refractivity contribution in [1.82, 2.24) is 4.98 Å². The van der Waals surface area contributed by atoms with Crippen molar-refractivity contribution in [2.75, 3.05) is 5.32 Å². The van der Waals surface area contributed by atoms with E-state index in [0.717, 1.165) is 18.6 Å². The van der Waals surface area contributed by atoms with Crippen molar-refractivity contribution in [3.05, 3.63) is 53.9 Å². The molecule has 1 saturated carbocycles. The molecule has 2 N–H and O–H groups in total. The normalized spacial score (nSPS) is 14.3. The molecule has 1 fully saturated rings. The average molecular weight is 326 g/mol. The number of hydrogen-bond acceptors (Lipinski definition) is 4. The van der Waals surface area contributed by atoms with Gasteiger partial charge in [-0.1, -0.05) is 0 Å². The Hall–Kier alpha value is -2.89. The van der Waals surface area contributed by atoms with Gasteiger partial charge in [-0.05, 0) is 62.1 Å². The summed E-state index contributed by atoms with van der Waals surface area (Å²) in [6.45, 7) is 0. The maximum Gasteiger partial charge on any atom is 0.354 e. The number of aromatic carboxylic acids is 1. The first-order chi connectivity index (χ1) is 11.6. The first kappa shape index (κ1) is 16.0. The van der Waals surface area contributed by atoms with E-state index in [1.807, 2.05) is 12.1 Å². The van der Waals surface area contributed by atoms with Gasteiger partial charge in [-0.2, -0.15) is 0 Å². The number of pyridine rings is 1. The summed E-state index contributed by atoms with van der Waals surface area (Å²) in [5, 5.41) is 11.5. The van der Waals surface area contributed by atoms with Crippen molar-refractivity contribution >= 4 is 17.6 Å². The molecule has 1 aromatic carbocycles. The number of benzene rings is 1. The molecule has 6 nitrogen and oxygen atoms in total. The number of hydrogen-bond donors (Lipinski definition) is 2. The number of nitrogens with one attached hydrogen (secondary N) is 1. The third-order valence-electron chi connectivity index (χ3n) is 3.96. The maximum atomic E-state index is 12.1. The molecule has 0 unspecified atom stereocenters. The monoisotopic (exact) mass is 326 g/mol. The highest BCUT2D eigenvalue weighted by atomic mass is 16.5. The zero-order valence-corrected chi connectivity index (χ0v) is 13.1. The predicted molar refractivity (Wildman–Crippen MR) is 88.5 cm³/mol. The van der Waals surface area contributed by atoms with Crippen LogP contribution in [0.4, 0.5) is 5.69 Å². The lowest BCUT2D eigenvalue weighted by Gasteiger charge is -2.13. The van der Waals surface area contributed by atoms with E-state index in [1.165, 1.54) is 31.2 Å². The van der Waals surface area contributed by atoms with Crippen molar-refractivity contribution in [3.8, 4) is 5.75 Å². The maximum absolute atomic E-state index is 12.1. The van der Waals surface area contributed by atoms with Gasteiger partial charge < -0.3 is 15.2 Å². The van der Waals surface area contributed by atoms with E-state index in [4.69, 9.17) is 9.84 Å². The van der Waals surface area contributed by atoms with Crippen molar-refractivity contribution < 1.29 is 19.4 Å². The van der Waals surface area contributed by atoms with E-state index in [9.17, 15) is 9.59 Å². The molecule has 0 spiro atoms. The largest absolute Gasteiger partial charge is 0.490 e. The number of carbonyl (C=O) groups excluding carboxylic acids is 1. The molecule has 3 rings (SSSR count). The second kappa shape index (κ2) is 7.12. The molecule has 1 heterocycles. The summed E-state index contributed by atoms with van der Waals surface area (Å²) < 4.78 is 5.88. The van der Waals surface area contributed by atoms with Crippen LogP contribution in [-0.4, -0.2) is 28.1 Å². The summed E-state index contributed by atoms with van der Waals surface area (Å²) in [5.41, 5.74) is 0.840. The minimum Gasteiger partial charge on any atom is -0.490 e. The van der Waals surface area contributed by atoms with Gasteiger partial charge in [0.2, 0.25) is 0 Å². The third-order valence-corrected chi connectivity index (χ3v) is 3.96. The van der Waals surface area contributed by atoms with Gasteiger partial charge in [-0.25, -0.2) is 9.78 Å². The molecule has 6 heteroatoms. The van der Waals surface area contributed by atoms with Crippen molar-refractivity contribution in [2.24, 2.45) is 0 Å². The zero-order chi connectivity index (χ0) is 16.9. The summed E-state index contributed by atoms with van der Waals surface area (Å²) in [7, 11) is 0. The van der Waals surface area contributed by atoms with Crippen LogP contribution < -0.4 is 10.1 Å². The molecule has 24 heavy (non-hydrogen) atoms. The minimum atomic E-state index is -1.13. The van der Waals surface area contributed by atoms with Crippen LogP contribution in [0.15, 0.2) is 42.6 Å². The van der Waals surface area contributed by atoms with Crippen molar-refractivity contribution in [3.63, 3.8) is 0 Å². The van der Waals surface area contributed by atoms with E-state index in [1.54, 1.807) is 12.1 Å². The topological polar surface area (TPSA) is 88.5 Å². The van der Waals surface area contributed by atoms with Crippen LogP contribution in [0.3, 0.4) is 0 Å². The molecule has 0 radical (unpaired) electrons. The first-order valence-corrected chi connectivity index (χ1v) is 7.89. The lowest BCUT2D eigenvalue weighted by molar-refractivity contribution is 0.0690. The second-order valence-corrected chi connectivity index (χ2v) is 5.74. The fourth-order valence-electron chi connectivity index (χ4n) is 2.67. The van der Waals surface area contributed by atoms with Gasteiger partial charge in [-0.3, -0.25) is 4.79 Å². The summed E-state index contributed by atoms with van der Waals surface area (Å²) in [4.78, 5) is 26.6. The molecule has 0 bridgehead atoms. The van der Waals surface area contributed by atoms with E-state index in [-0.39, 0.29) is 11.6 Å². The van der Waals surface area contributed by atoms with Crippen LogP contribution in [0.2, 0.25) is 0 Å². The Kier molecular flexibility index (Phi) is 4.74. The van der Waals surface area contributed by atoms with E-state index in [2.05, 4.69) is 10.3 Å². The number of amides is 1. The zero-order valence-electron chi connectivity index (χ0n) is 13.1. The van der Waals surface area contributed by atoms with Gasteiger partial charge >= 0.3 is 5.97 Å². The standard InChI is InChI=1S/C18H18N2O4/c21-17(12-5-10-16(18(22)23)19-11-12)20-13-6-8-15(9-7-13)24-14-3-1-2-4-14/h5-11,14H,1-4H2,(H,20,21)(H,22,23). The molecule has 124 valence electrons. The Morgan fingerprint density at radius 2 is 1.79 bits per heavy atom. The highest BCUT2D eigenvalue weighted by Gasteiger charge is 2.16. The number of carboxylic acids is 1. The molecule has 1 aromatic heterocycles. The Labute approximate surface area is 139 Å². The Morgan fingerprint density at radius 1 is 1.08 bits per heavy atom. The van der Waals surface area contributed by atoms with Crippen molar-refractivity contribution in [1.29, 1.82) is 0 Å². The van der Waals surface area contributed by atoms with Crippen LogP contribution in [0.1, 0.15) is 46.5 Å². The number of carbonyl (C=O) groups is 2. The summed E-state index contributed by atoms with van der Waals surface area (Å²) in [5.74, 6) is -0.670. The average Bonchev–Trinajstić information content (AvgIpc) is 3.09. The molecule has 0 aliphatic heterocycles. The predicted octanol–water partition coefficient (Wildman–Crippen LogP) is 3.35. The molecular weight excluding hydrogens is 308 g/mol. The van der Waals surface area contributed by atoms with Gasteiger partial charge in [-0.15, -0.1) is 0 Å². The van der Waals surface area contributed by atoms with Crippen LogP contribution in [-0.2, 0) is 0 Å². The molecule has 1 aliphatic rings. The van der Waals surface area contributed by atoms with Crippen molar-refractivity contribution in [2.45, 2.75) is 31.8 Å². The molecule has 2 aromatic rings. The third kappa shape index (κ3) is 3.90. The quantitative estimate of drug-likeness (QED) is 0.879. The second-order valence-electron chi connectivity index (χ2n) is 5.74. The van der Waals surface area contributed by atoms with Gasteiger partial charge in [0, 0.05) is 11.9 Å². The van der Waals surface area contributed by atoms with Gasteiger partial charge in [0.25, 0.3) is 5.91 Å². The number of rotatable bonds is 5. The van der Waals surface area contributed by atoms with Crippen LogP contribution in [0, 0.1) is 0 Å². The van der Waals surface area contributed by atoms with E-state index < -0.39 is 5.97 Å². The number of anilines is 1. The van der Waals surface area contributed by atoms with Gasteiger partial charge in [0.15, 0.2) is 0 Å². The summed E-state index contributed by atoms with van der Waals surface area (Å²) in [6.07, 6.45) is 6.16. The number of ether oxygens (including phenoxy) is 1. The SMILES string of the molecule is O=C(Nc1ccc(OC2CCCC2)cc1)c1ccc(C(=O)O)nc1. The van der Waals surface area contributed by atoms with E-state index >= 15 is 0 Å². The highest BCUT2D eigenvalue weighted by Crippen LogP contribution is 2.25. The summed E-state index contributed by atoms with van der Waals surface area (Å²) in [6, 6.07) is 9.96. The Morgan fingerprint density at radius 3 is 2.38 bits per heavy atom. The summed E-state index contributed by atoms with van der Waals surface area (Å²) >= 11 is 0. The van der Waals surface area contributed by atoms with Gasteiger partial charge in [0.05, 0.1) is 11.7 Å². The fourth-order valence-corrected chi connectivity index (χ4v) is 2.67. The minimum absolute atomic E-state index is 0.0973. The number of aromatic nitrogens is 1. The lowest BCUT2D eigenvalue weighted by atomic mass is 10.2. The highest BCUT2D eigenvalue weighted by molar-refractivity contribution is 6.04. The molecule has 1 aliphatic carbocycles. The lowest BCUT2D eigenvalue weighted by Crippen LogP contribution is -2.13.